The Morgan fingerprint density at radius 1 is 0.816 bits per heavy atom. The van der Waals surface area contributed by atoms with Gasteiger partial charge in [-0.25, -0.2) is 8.42 Å². The van der Waals surface area contributed by atoms with Crippen LogP contribution in [0.2, 0.25) is 0 Å². The van der Waals surface area contributed by atoms with Crippen molar-refractivity contribution in [2.75, 3.05) is 25.1 Å². The van der Waals surface area contributed by atoms with Crippen LogP contribution in [0.4, 0.5) is 5.69 Å². The van der Waals surface area contributed by atoms with Crippen molar-refractivity contribution < 1.29 is 22.7 Å². The second-order valence-corrected chi connectivity index (χ2v) is 10.5. The first-order valence-electron chi connectivity index (χ1n) is 12.0. The monoisotopic (exact) mass is 530 g/mol. The molecule has 0 aliphatic heterocycles. The Labute approximate surface area is 223 Å². The molecule has 4 rings (SSSR count). The first-order chi connectivity index (χ1) is 18.3. The number of sulfonamides is 1. The van der Waals surface area contributed by atoms with Gasteiger partial charge >= 0.3 is 0 Å². The molecule has 38 heavy (non-hydrogen) atoms. The number of methoxy groups -OCH3 is 2. The molecule has 1 N–H and O–H groups in total. The van der Waals surface area contributed by atoms with E-state index in [0.717, 1.165) is 21.0 Å². The van der Waals surface area contributed by atoms with Crippen LogP contribution >= 0.6 is 0 Å². The Morgan fingerprint density at radius 3 is 2.05 bits per heavy atom. The fourth-order valence-corrected chi connectivity index (χ4v) is 5.68. The molecule has 0 unspecified atom stereocenters. The molecule has 0 radical (unpaired) electrons. The highest BCUT2D eigenvalue weighted by atomic mass is 32.2. The number of benzene rings is 4. The average molecular weight is 531 g/mol. The smallest absolute Gasteiger partial charge is 0.264 e. The van der Waals surface area contributed by atoms with Crippen molar-refractivity contribution in [3.05, 3.63) is 120 Å². The SMILES string of the molecule is COc1ccc(N(CC(=O)N[C@@H](c2ccccc2)c2ccccc2C)S(=O)(=O)c2ccccc2)cc1OC. The van der Waals surface area contributed by atoms with Crippen molar-refractivity contribution in [3.8, 4) is 11.5 Å². The zero-order chi connectivity index (χ0) is 27.1. The van der Waals surface area contributed by atoms with E-state index in [1.807, 2.05) is 61.5 Å². The van der Waals surface area contributed by atoms with Gasteiger partial charge in [0.15, 0.2) is 11.5 Å². The standard InChI is InChI=1S/C30H30N2O5S/c1-22-12-10-11-17-26(22)30(23-13-6-4-7-14-23)31-29(33)21-32(38(34,35)25-15-8-5-9-16-25)24-18-19-27(36-2)28(20-24)37-3/h4-20,30H,21H2,1-3H3,(H,31,33)/t30-/m0/s1. The number of carbonyl (C=O) groups is 1. The van der Waals surface area contributed by atoms with Gasteiger partial charge in [-0.05, 0) is 47.9 Å². The van der Waals surface area contributed by atoms with Crippen molar-refractivity contribution in [1.29, 1.82) is 0 Å². The fourth-order valence-electron chi connectivity index (χ4n) is 4.25. The second kappa shape index (κ2) is 11.8. The van der Waals surface area contributed by atoms with E-state index in [1.54, 1.807) is 36.4 Å². The van der Waals surface area contributed by atoms with Gasteiger partial charge in [-0.1, -0.05) is 72.8 Å². The average Bonchev–Trinajstić information content (AvgIpc) is 2.95. The molecule has 0 aliphatic carbocycles. The third kappa shape index (κ3) is 5.81. The summed E-state index contributed by atoms with van der Waals surface area (Å²) in [5.74, 6) is 0.332. The molecule has 8 heteroatoms. The number of carbonyl (C=O) groups excluding carboxylic acids is 1. The summed E-state index contributed by atoms with van der Waals surface area (Å²) in [4.78, 5) is 13.6. The van der Waals surface area contributed by atoms with Crippen LogP contribution in [0.1, 0.15) is 22.7 Å². The van der Waals surface area contributed by atoms with Gasteiger partial charge in [-0.15, -0.1) is 0 Å². The Kier molecular flexibility index (Phi) is 8.33. The van der Waals surface area contributed by atoms with Crippen LogP contribution in [0.3, 0.4) is 0 Å². The van der Waals surface area contributed by atoms with Crippen LogP contribution in [-0.4, -0.2) is 35.1 Å². The molecule has 0 saturated carbocycles. The highest BCUT2D eigenvalue weighted by molar-refractivity contribution is 7.92. The molecule has 0 heterocycles. The number of nitrogens with zero attached hydrogens (tertiary/aromatic N) is 1. The van der Waals surface area contributed by atoms with Crippen molar-refractivity contribution in [1.82, 2.24) is 5.32 Å². The Hall–Kier alpha value is -4.30. The molecular weight excluding hydrogens is 500 g/mol. The van der Waals surface area contributed by atoms with Crippen molar-refractivity contribution in [2.24, 2.45) is 0 Å². The lowest BCUT2D eigenvalue weighted by atomic mass is 9.95. The van der Waals surface area contributed by atoms with Crippen LogP contribution in [-0.2, 0) is 14.8 Å². The van der Waals surface area contributed by atoms with Gasteiger partial charge < -0.3 is 14.8 Å². The van der Waals surface area contributed by atoms with Gasteiger partial charge in [0.2, 0.25) is 5.91 Å². The van der Waals surface area contributed by atoms with Crippen LogP contribution in [0.25, 0.3) is 0 Å². The first kappa shape index (κ1) is 26.8. The van der Waals surface area contributed by atoms with Gasteiger partial charge in [0.25, 0.3) is 10.0 Å². The maximum Gasteiger partial charge on any atom is 0.264 e. The minimum Gasteiger partial charge on any atom is -0.493 e. The topological polar surface area (TPSA) is 84.9 Å². The van der Waals surface area contributed by atoms with Crippen LogP contribution in [0.15, 0.2) is 108 Å². The van der Waals surface area contributed by atoms with Crippen molar-refractivity contribution >= 4 is 21.6 Å². The molecular formula is C30H30N2O5S. The fraction of sp³-hybridized carbons (Fsp3) is 0.167. The molecule has 0 saturated heterocycles. The Morgan fingerprint density at radius 2 is 1.42 bits per heavy atom. The predicted octanol–water partition coefficient (Wildman–Crippen LogP) is 5.11. The summed E-state index contributed by atoms with van der Waals surface area (Å²) in [6.07, 6.45) is 0. The number of hydrogen-bond donors (Lipinski definition) is 1. The van der Waals surface area contributed by atoms with Gasteiger partial charge in [-0.2, -0.15) is 0 Å². The molecule has 0 bridgehead atoms. The number of ether oxygens (including phenoxy) is 2. The summed E-state index contributed by atoms with van der Waals surface area (Å²) in [5, 5.41) is 3.06. The van der Waals surface area contributed by atoms with Gasteiger partial charge in [0.05, 0.1) is 30.8 Å². The Balaban J connectivity index is 1.73. The number of nitrogens with one attached hydrogen (secondary N) is 1. The van der Waals surface area contributed by atoms with E-state index in [1.165, 1.54) is 26.4 Å². The number of rotatable bonds is 10. The summed E-state index contributed by atoms with van der Waals surface area (Å²) in [7, 11) is -1.12. The highest BCUT2D eigenvalue weighted by Gasteiger charge is 2.29. The molecule has 0 aliphatic rings. The van der Waals surface area contributed by atoms with E-state index in [9.17, 15) is 13.2 Å². The molecule has 4 aromatic rings. The largest absolute Gasteiger partial charge is 0.493 e. The van der Waals surface area contributed by atoms with Crippen molar-refractivity contribution in [3.63, 3.8) is 0 Å². The third-order valence-electron chi connectivity index (χ3n) is 6.21. The molecule has 0 aromatic heterocycles. The molecule has 196 valence electrons. The van der Waals surface area contributed by atoms with Crippen LogP contribution in [0.5, 0.6) is 11.5 Å². The van der Waals surface area contributed by atoms with E-state index in [2.05, 4.69) is 5.32 Å². The molecule has 1 atom stereocenters. The summed E-state index contributed by atoms with van der Waals surface area (Å²) < 4.78 is 39.3. The maximum absolute atomic E-state index is 13.8. The van der Waals surface area contributed by atoms with Gasteiger partial charge in [0, 0.05) is 6.07 Å². The summed E-state index contributed by atoms with van der Waals surface area (Å²) in [6, 6.07) is 29.7. The normalized spacial score (nSPS) is 11.9. The van der Waals surface area contributed by atoms with E-state index >= 15 is 0 Å². The number of amides is 1. The predicted molar refractivity (Wildman–Crippen MR) is 148 cm³/mol. The summed E-state index contributed by atoms with van der Waals surface area (Å²) >= 11 is 0. The maximum atomic E-state index is 13.8. The zero-order valence-corrected chi connectivity index (χ0v) is 22.3. The Bertz CT molecular complexity index is 1490. The van der Waals surface area contributed by atoms with E-state index in [0.29, 0.717) is 11.5 Å². The van der Waals surface area contributed by atoms with E-state index in [-0.39, 0.29) is 10.6 Å². The van der Waals surface area contributed by atoms with Crippen LogP contribution < -0.4 is 19.1 Å². The lowest BCUT2D eigenvalue weighted by Gasteiger charge is -2.27. The summed E-state index contributed by atoms with van der Waals surface area (Å²) in [5.41, 5.74) is 3.10. The molecule has 0 fully saturated rings. The molecule has 7 nitrogen and oxygen atoms in total. The molecule has 1 amide bonds. The second-order valence-electron chi connectivity index (χ2n) is 8.63. The van der Waals surface area contributed by atoms with Crippen molar-refractivity contribution in [2.45, 2.75) is 17.9 Å². The van der Waals surface area contributed by atoms with E-state index < -0.39 is 28.5 Å². The zero-order valence-electron chi connectivity index (χ0n) is 21.5. The third-order valence-corrected chi connectivity index (χ3v) is 8.00. The summed E-state index contributed by atoms with van der Waals surface area (Å²) in [6.45, 7) is 1.54. The number of anilines is 1. The lowest BCUT2D eigenvalue weighted by Crippen LogP contribution is -2.42. The van der Waals surface area contributed by atoms with Gasteiger partial charge in [0.1, 0.15) is 6.54 Å². The van der Waals surface area contributed by atoms with Crippen LogP contribution in [0, 0.1) is 6.92 Å². The first-order valence-corrected chi connectivity index (χ1v) is 13.5. The molecule has 4 aromatic carbocycles. The minimum absolute atomic E-state index is 0.0705. The quantitative estimate of drug-likeness (QED) is 0.308. The van der Waals surface area contributed by atoms with Gasteiger partial charge in [-0.3, -0.25) is 9.10 Å². The highest BCUT2D eigenvalue weighted by Crippen LogP contribution is 2.34. The number of hydrogen-bond acceptors (Lipinski definition) is 5. The minimum atomic E-state index is -4.09. The lowest BCUT2D eigenvalue weighted by molar-refractivity contribution is -0.120. The number of aryl methyl sites for hydroxylation is 1. The molecule has 0 spiro atoms. The van der Waals surface area contributed by atoms with E-state index in [4.69, 9.17) is 9.47 Å².